The summed E-state index contributed by atoms with van der Waals surface area (Å²) in [6.45, 7) is 0. The third-order valence-electron chi connectivity index (χ3n) is 5.03. The van der Waals surface area contributed by atoms with E-state index in [-0.39, 0.29) is 5.91 Å². The van der Waals surface area contributed by atoms with Gasteiger partial charge in [0.25, 0.3) is 5.91 Å². The first kappa shape index (κ1) is 17.1. The molecule has 2 aromatic carbocycles. The molecular formula is C21H21N3O3. The smallest absolute Gasteiger partial charge is 0.278 e. The van der Waals surface area contributed by atoms with Crippen molar-refractivity contribution < 1.29 is 14.3 Å². The first-order valence-corrected chi connectivity index (χ1v) is 8.69. The van der Waals surface area contributed by atoms with Gasteiger partial charge in [-0.2, -0.15) is 5.10 Å². The van der Waals surface area contributed by atoms with Gasteiger partial charge in [-0.05, 0) is 29.8 Å². The summed E-state index contributed by atoms with van der Waals surface area (Å²) in [5, 5.41) is 4.53. The fourth-order valence-electron chi connectivity index (χ4n) is 3.65. The molecule has 0 radical (unpaired) electrons. The van der Waals surface area contributed by atoms with E-state index < -0.39 is 0 Å². The van der Waals surface area contributed by atoms with E-state index in [4.69, 9.17) is 9.47 Å². The molecule has 27 heavy (non-hydrogen) atoms. The predicted molar refractivity (Wildman–Crippen MR) is 104 cm³/mol. The molecule has 1 aromatic heterocycles. The molecule has 1 aliphatic rings. The lowest BCUT2D eigenvalue weighted by Crippen LogP contribution is -2.27. The number of methoxy groups -OCH3 is 2. The van der Waals surface area contributed by atoms with Crippen LogP contribution in [0.1, 0.15) is 21.6 Å². The summed E-state index contributed by atoms with van der Waals surface area (Å²) < 4.78 is 12.6. The Morgan fingerprint density at radius 1 is 1.11 bits per heavy atom. The summed E-state index contributed by atoms with van der Waals surface area (Å²) in [5.74, 6) is 1.23. The zero-order chi connectivity index (χ0) is 19.1. The third kappa shape index (κ3) is 2.65. The summed E-state index contributed by atoms with van der Waals surface area (Å²) in [6, 6.07) is 13.5. The number of carbonyl (C=O) groups excluding carboxylic acids is 1. The molecule has 6 heteroatoms. The van der Waals surface area contributed by atoms with Crippen LogP contribution in [-0.4, -0.2) is 37.0 Å². The highest BCUT2D eigenvalue weighted by molar-refractivity contribution is 6.07. The molecule has 6 nitrogen and oxygen atoms in total. The number of anilines is 1. The van der Waals surface area contributed by atoms with Gasteiger partial charge in [-0.15, -0.1) is 0 Å². The minimum Gasteiger partial charge on any atom is -0.493 e. The normalized spacial score (nSPS) is 11.7. The molecule has 0 saturated carbocycles. The molecule has 1 amide bonds. The van der Waals surface area contributed by atoms with Gasteiger partial charge in [0.05, 0.1) is 19.9 Å². The minimum absolute atomic E-state index is 0.121. The fraction of sp³-hybridized carbons (Fsp3) is 0.238. The maximum Gasteiger partial charge on any atom is 0.278 e. The lowest BCUT2D eigenvalue weighted by atomic mass is 10.1. The molecule has 1 aliphatic carbocycles. The van der Waals surface area contributed by atoms with E-state index in [0.717, 1.165) is 28.1 Å². The van der Waals surface area contributed by atoms with Crippen LogP contribution < -0.4 is 14.4 Å². The highest BCUT2D eigenvalue weighted by Crippen LogP contribution is 2.43. The van der Waals surface area contributed by atoms with Gasteiger partial charge >= 0.3 is 0 Å². The molecular weight excluding hydrogens is 342 g/mol. The SMILES string of the molecule is COc1cc2c(cc1OC)-c1c(c(C(=O)N(C)c3ccccc3)nn1C)C2. The highest BCUT2D eigenvalue weighted by atomic mass is 16.5. The van der Waals surface area contributed by atoms with Crippen LogP contribution in [0.15, 0.2) is 42.5 Å². The second kappa shape index (κ2) is 6.46. The van der Waals surface area contributed by atoms with Gasteiger partial charge in [0.1, 0.15) is 0 Å². The van der Waals surface area contributed by atoms with Crippen molar-refractivity contribution in [3.8, 4) is 22.8 Å². The molecule has 3 aromatic rings. The van der Waals surface area contributed by atoms with Crippen molar-refractivity contribution in [1.82, 2.24) is 9.78 Å². The molecule has 0 spiro atoms. The second-order valence-electron chi connectivity index (χ2n) is 6.54. The number of carbonyl (C=O) groups is 1. The molecule has 4 rings (SSSR count). The quantitative estimate of drug-likeness (QED) is 0.558. The minimum atomic E-state index is -0.121. The van der Waals surface area contributed by atoms with Crippen LogP contribution >= 0.6 is 0 Å². The average Bonchev–Trinajstić information content (AvgIpc) is 3.23. The highest BCUT2D eigenvalue weighted by Gasteiger charge is 2.32. The van der Waals surface area contributed by atoms with Crippen LogP contribution in [0.5, 0.6) is 11.5 Å². The molecule has 1 heterocycles. The maximum absolute atomic E-state index is 13.1. The number of amides is 1. The van der Waals surface area contributed by atoms with Gasteiger partial charge < -0.3 is 14.4 Å². The molecule has 0 atom stereocenters. The third-order valence-corrected chi connectivity index (χ3v) is 5.03. The summed E-state index contributed by atoms with van der Waals surface area (Å²) >= 11 is 0. The summed E-state index contributed by atoms with van der Waals surface area (Å²) in [7, 11) is 6.88. The van der Waals surface area contributed by atoms with Crippen molar-refractivity contribution in [3.63, 3.8) is 0 Å². The number of fused-ring (bicyclic) bond motifs is 3. The van der Waals surface area contributed by atoms with Crippen LogP contribution in [0.4, 0.5) is 5.69 Å². The molecule has 0 unspecified atom stereocenters. The second-order valence-corrected chi connectivity index (χ2v) is 6.54. The van der Waals surface area contributed by atoms with E-state index in [1.54, 1.807) is 30.8 Å². The largest absolute Gasteiger partial charge is 0.493 e. The number of hydrogen-bond acceptors (Lipinski definition) is 4. The molecule has 0 bridgehead atoms. The molecule has 0 fully saturated rings. The number of rotatable bonds is 4. The standard InChI is InChI=1S/C21H21N3O3/c1-23(14-8-6-5-7-9-14)21(25)19-16-10-13-11-17(26-3)18(27-4)12-15(13)20(16)24(2)22-19/h5-9,11-12H,10H2,1-4H3. The summed E-state index contributed by atoms with van der Waals surface area (Å²) in [4.78, 5) is 14.7. The van der Waals surface area contributed by atoms with Crippen molar-refractivity contribution >= 4 is 11.6 Å². The molecule has 0 N–H and O–H groups in total. The lowest BCUT2D eigenvalue weighted by Gasteiger charge is -2.16. The van der Waals surface area contributed by atoms with E-state index >= 15 is 0 Å². The van der Waals surface area contributed by atoms with Gasteiger partial charge in [-0.1, -0.05) is 18.2 Å². The van der Waals surface area contributed by atoms with Gasteiger partial charge in [0.15, 0.2) is 17.2 Å². The Labute approximate surface area is 157 Å². The number of aromatic nitrogens is 2. The topological polar surface area (TPSA) is 56.6 Å². The van der Waals surface area contributed by atoms with Gasteiger partial charge in [-0.3, -0.25) is 9.48 Å². The van der Waals surface area contributed by atoms with Crippen molar-refractivity contribution in [2.75, 3.05) is 26.2 Å². The van der Waals surface area contributed by atoms with E-state index in [1.165, 1.54) is 0 Å². The van der Waals surface area contributed by atoms with Crippen molar-refractivity contribution in [3.05, 3.63) is 59.3 Å². The van der Waals surface area contributed by atoms with E-state index in [9.17, 15) is 4.79 Å². The Hall–Kier alpha value is -3.28. The van der Waals surface area contributed by atoms with Gasteiger partial charge in [0, 0.05) is 37.3 Å². The van der Waals surface area contributed by atoms with E-state index in [2.05, 4.69) is 5.10 Å². The Bertz CT molecular complexity index is 1020. The van der Waals surface area contributed by atoms with Crippen LogP contribution in [0, 0.1) is 0 Å². The first-order valence-electron chi connectivity index (χ1n) is 8.69. The zero-order valence-electron chi connectivity index (χ0n) is 15.8. The van der Waals surface area contributed by atoms with Crippen molar-refractivity contribution in [2.24, 2.45) is 7.05 Å². The number of benzene rings is 2. The molecule has 0 saturated heterocycles. The predicted octanol–water partition coefficient (Wildman–Crippen LogP) is 3.29. The number of ether oxygens (including phenoxy) is 2. The van der Waals surface area contributed by atoms with Crippen LogP contribution in [-0.2, 0) is 13.5 Å². The first-order chi connectivity index (χ1) is 13.0. The Morgan fingerprint density at radius 3 is 2.44 bits per heavy atom. The van der Waals surface area contributed by atoms with Gasteiger partial charge in [-0.25, -0.2) is 0 Å². The summed E-state index contributed by atoms with van der Waals surface area (Å²) in [6.07, 6.45) is 0.641. The van der Waals surface area contributed by atoms with Crippen LogP contribution in [0.25, 0.3) is 11.3 Å². The monoisotopic (exact) mass is 363 g/mol. The van der Waals surface area contributed by atoms with E-state index in [1.807, 2.05) is 49.5 Å². The Balaban J connectivity index is 1.77. The van der Waals surface area contributed by atoms with Crippen LogP contribution in [0.2, 0.25) is 0 Å². The zero-order valence-corrected chi connectivity index (χ0v) is 15.8. The molecule has 0 aliphatic heterocycles. The number of nitrogens with zero attached hydrogens (tertiary/aromatic N) is 3. The van der Waals surface area contributed by atoms with Gasteiger partial charge in [0.2, 0.25) is 0 Å². The van der Waals surface area contributed by atoms with Crippen LogP contribution in [0.3, 0.4) is 0 Å². The fourth-order valence-corrected chi connectivity index (χ4v) is 3.65. The average molecular weight is 363 g/mol. The Morgan fingerprint density at radius 2 is 1.78 bits per heavy atom. The lowest BCUT2D eigenvalue weighted by molar-refractivity contribution is 0.0987. The van der Waals surface area contributed by atoms with Crippen molar-refractivity contribution in [1.29, 1.82) is 0 Å². The number of hydrogen-bond donors (Lipinski definition) is 0. The maximum atomic E-state index is 13.1. The van der Waals surface area contributed by atoms with E-state index in [0.29, 0.717) is 23.6 Å². The number of para-hydroxylation sites is 1. The number of aryl methyl sites for hydroxylation is 1. The van der Waals surface area contributed by atoms with Crippen molar-refractivity contribution in [2.45, 2.75) is 6.42 Å². The summed E-state index contributed by atoms with van der Waals surface area (Å²) in [5.41, 5.74) is 5.34. The molecule has 138 valence electrons. The Kier molecular flexibility index (Phi) is 4.11.